The van der Waals surface area contributed by atoms with E-state index in [0.29, 0.717) is 5.69 Å². The quantitative estimate of drug-likeness (QED) is 0.723. The number of hydrogen-bond donors (Lipinski definition) is 1. The Hall–Kier alpha value is -1.91. The zero-order valence-corrected chi connectivity index (χ0v) is 8.30. The van der Waals surface area contributed by atoms with Gasteiger partial charge in [0.1, 0.15) is 0 Å². The van der Waals surface area contributed by atoms with Gasteiger partial charge in [-0.3, -0.25) is 14.7 Å². The van der Waals surface area contributed by atoms with Gasteiger partial charge in [0.05, 0.1) is 18.3 Å². The number of pyridine rings is 1. The Kier molecular flexibility index (Phi) is 2.37. The minimum Gasteiger partial charge on any atom is -0.329 e. The largest absolute Gasteiger partial charge is 0.329 e. The molecule has 1 aromatic heterocycles. The summed E-state index contributed by atoms with van der Waals surface area (Å²) in [5, 5.41) is 2.48. The fourth-order valence-electron chi connectivity index (χ4n) is 1.58. The first-order valence-electron chi connectivity index (χ1n) is 4.71. The summed E-state index contributed by atoms with van der Waals surface area (Å²) in [6, 6.07) is 4.75. The molecule has 1 unspecified atom stereocenters. The van der Waals surface area contributed by atoms with E-state index >= 15 is 0 Å². The van der Waals surface area contributed by atoms with Crippen LogP contribution in [-0.2, 0) is 4.79 Å². The van der Waals surface area contributed by atoms with E-state index in [4.69, 9.17) is 0 Å². The number of rotatable bonds is 2. The van der Waals surface area contributed by atoms with Gasteiger partial charge in [0.2, 0.25) is 0 Å². The molecule has 78 valence electrons. The molecule has 0 aliphatic carbocycles. The van der Waals surface area contributed by atoms with Crippen molar-refractivity contribution in [2.45, 2.75) is 13.0 Å². The molecule has 0 spiro atoms. The predicted octanol–water partition coefficient (Wildman–Crippen LogP) is 0.694. The highest BCUT2D eigenvalue weighted by molar-refractivity contribution is 6.02. The molecule has 0 radical (unpaired) electrons. The number of carbonyl (C=O) groups is 2. The van der Waals surface area contributed by atoms with Crippen LogP contribution in [0.3, 0.4) is 0 Å². The first-order chi connectivity index (χ1) is 7.20. The first-order valence-corrected chi connectivity index (χ1v) is 4.71. The average molecular weight is 205 g/mol. The van der Waals surface area contributed by atoms with Gasteiger partial charge in [-0.2, -0.15) is 0 Å². The van der Waals surface area contributed by atoms with Gasteiger partial charge in [0.25, 0.3) is 5.91 Å². The monoisotopic (exact) mass is 205 g/mol. The molecule has 15 heavy (non-hydrogen) atoms. The summed E-state index contributed by atoms with van der Waals surface area (Å²) in [6.07, 6.45) is 1.64. The number of nitrogens with one attached hydrogen (secondary N) is 1. The van der Waals surface area contributed by atoms with Gasteiger partial charge in [-0.1, -0.05) is 6.07 Å². The van der Waals surface area contributed by atoms with Crippen LogP contribution in [0.2, 0.25) is 0 Å². The van der Waals surface area contributed by atoms with Gasteiger partial charge >= 0.3 is 6.03 Å². The Bertz CT molecular complexity index is 375. The standard InChI is InChI=1S/C10H11N3O2/c1-7(8-4-2-3-5-11-8)13-9(14)6-12-10(13)15/h2-5,7H,6H2,1H3,(H,12,15). The lowest BCUT2D eigenvalue weighted by Crippen LogP contribution is -2.33. The fourth-order valence-corrected chi connectivity index (χ4v) is 1.58. The van der Waals surface area contributed by atoms with Crippen molar-refractivity contribution in [3.63, 3.8) is 0 Å². The normalized spacial score (nSPS) is 17.8. The van der Waals surface area contributed by atoms with Crippen molar-refractivity contribution in [2.75, 3.05) is 6.54 Å². The fraction of sp³-hybridized carbons (Fsp3) is 0.300. The summed E-state index contributed by atoms with van der Waals surface area (Å²) in [5.74, 6) is -0.210. The molecule has 1 atom stereocenters. The Morgan fingerprint density at radius 2 is 2.27 bits per heavy atom. The zero-order valence-electron chi connectivity index (χ0n) is 8.30. The number of amides is 3. The molecule has 1 N–H and O–H groups in total. The first kappa shape index (κ1) is 9.64. The topological polar surface area (TPSA) is 62.3 Å². The van der Waals surface area contributed by atoms with Crippen LogP contribution >= 0.6 is 0 Å². The molecule has 2 heterocycles. The lowest BCUT2D eigenvalue weighted by atomic mass is 10.2. The molecule has 1 aliphatic heterocycles. The maximum absolute atomic E-state index is 11.4. The highest BCUT2D eigenvalue weighted by Gasteiger charge is 2.33. The van der Waals surface area contributed by atoms with Crippen molar-refractivity contribution in [3.05, 3.63) is 30.1 Å². The third kappa shape index (κ3) is 1.68. The summed E-state index contributed by atoms with van der Waals surface area (Å²) in [6.45, 7) is 1.86. The van der Waals surface area contributed by atoms with Crippen molar-refractivity contribution in [3.8, 4) is 0 Å². The molecule has 1 fully saturated rings. The second kappa shape index (κ2) is 3.68. The summed E-state index contributed by atoms with van der Waals surface area (Å²) < 4.78 is 0. The molecule has 0 bridgehead atoms. The average Bonchev–Trinajstić information content (AvgIpc) is 2.59. The van der Waals surface area contributed by atoms with Gasteiger partial charge in [0, 0.05) is 6.20 Å². The van der Waals surface area contributed by atoms with Crippen molar-refractivity contribution in [1.29, 1.82) is 0 Å². The minimum atomic E-state index is -0.349. The van der Waals surface area contributed by atoms with Crippen LogP contribution in [-0.4, -0.2) is 28.4 Å². The van der Waals surface area contributed by atoms with Crippen molar-refractivity contribution < 1.29 is 9.59 Å². The molecule has 1 aromatic rings. The highest BCUT2D eigenvalue weighted by Crippen LogP contribution is 2.19. The molecule has 5 heteroatoms. The van der Waals surface area contributed by atoms with Gasteiger partial charge < -0.3 is 5.32 Å². The Morgan fingerprint density at radius 3 is 2.80 bits per heavy atom. The van der Waals surface area contributed by atoms with Crippen molar-refractivity contribution in [2.24, 2.45) is 0 Å². The summed E-state index contributed by atoms with van der Waals surface area (Å²) in [5.41, 5.74) is 0.711. The van der Waals surface area contributed by atoms with Gasteiger partial charge in [-0.25, -0.2) is 4.79 Å². The summed E-state index contributed by atoms with van der Waals surface area (Å²) >= 11 is 0. The molecule has 0 aromatic carbocycles. The van der Waals surface area contributed by atoms with Gasteiger partial charge in [0.15, 0.2) is 0 Å². The van der Waals surface area contributed by atoms with Crippen LogP contribution in [0.4, 0.5) is 4.79 Å². The van der Waals surface area contributed by atoms with Crippen LogP contribution in [0.1, 0.15) is 18.7 Å². The Labute approximate surface area is 87.1 Å². The lowest BCUT2D eigenvalue weighted by Gasteiger charge is -2.20. The molecule has 5 nitrogen and oxygen atoms in total. The predicted molar refractivity (Wildman–Crippen MR) is 52.9 cm³/mol. The number of aromatic nitrogens is 1. The third-order valence-electron chi connectivity index (χ3n) is 2.38. The molecular weight excluding hydrogens is 194 g/mol. The molecular formula is C10H11N3O2. The molecule has 0 saturated carbocycles. The van der Waals surface area contributed by atoms with E-state index < -0.39 is 0 Å². The zero-order chi connectivity index (χ0) is 10.8. The molecule has 2 rings (SSSR count). The second-order valence-electron chi connectivity index (χ2n) is 3.35. The van der Waals surface area contributed by atoms with E-state index in [1.807, 2.05) is 6.07 Å². The van der Waals surface area contributed by atoms with Crippen LogP contribution < -0.4 is 5.32 Å². The minimum absolute atomic E-state index is 0.0794. The van der Waals surface area contributed by atoms with Crippen LogP contribution in [0, 0.1) is 0 Å². The maximum Gasteiger partial charge on any atom is 0.325 e. The Morgan fingerprint density at radius 1 is 1.47 bits per heavy atom. The van der Waals surface area contributed by atoms with Crippen molar-refractivity contribution >= 4 is 11.9 Å². The number of nitrogens with zero attached hydrogens (tertiary/aromatic N) is 2. The van der Waals surface area contributed by atoms with E-state index in [1.165, 1.54) is 4.90 Å². The van der Waals surface area contributed by atoms with E-state index in [0.717, 1.165) is 0 Å². The SMILES string of the molecule is CC(c1ccccn1)N1C(=O)CNC1=O. The maximum atomic E-state index is 11.4. The van der Waals surface area contributed by atoms with Crippen LogP contribution in [0.25, 0.3) is 0 Å². The third-order valence-corrected chi connectivity index (χ3v) is 2.38. The lowest BCUT2D eigenvalue weighted by molar-refractivity contribution is -0.126. The Balaban J connectivity index is 2.24. The smallest absolute Gasteiger partial charge is 0.325 e. The summed E-state index contributed by atoms with van der Waals surface area (Å²) in [4.78, 5) is 28.1. The second-order valence-corrected chi connectivity index (χ2v) is 3.35. The highest BCUT2D eigenvalue weighted by atomic mass is 16.2. The number of urea groups is 1. The molecule has 1 saturated heterocycles. The summed E-state index contributed by atoms with van der Waals surface area (Å²) in [7, 11) is 0. The van der Waals surface area contributed by atoms with Gasteiger partial charge in [-0.05, 0) is 19.1 Å². The van der Waals surface area contributed by atoms with E-state index in [9.17, 15) is 9.59 Å². The van der Waals surface area contributed by atoms with Crippen LogP contribution in [0.15, 0.2) is 24.4 Å². The van der Waals surface area contributed by atoms with E-state index in [1.54, 1.807) is 25.3 Å². The molecule has 1 aliphatic rings. The van der Waals surface area contributed by atoms with Crippen LogP contribution in [0.5, 0.6) is 0 Å². The molecule has 3 amide bonds. The van der Waals surface area contributed by atoms with Crippen molar-refractivity contribution in [1.82, 2.24) is 15.2 Å². The number of hydrogen-bond acceptors (Lipinski definition) is 3. The van der Waals surface area contributed by atoms with E-state index in [-0.39, 0.29) is 24.5 Å². The van der Waals surface area contributed by atoms with Gasteiger partial charge in [-0.15, -0.1) is 0 Å². The van der Waals surface area contributed by atoms with E-state index in [2.05, 4.69) is 10.3 Å². The number of imide groups is 1. The number of carbonyl (C=O) groups excluding carboxylic acids is 2.